The van der Waals surface area contributed by atoms with Crippen LogP contribution in [0.3, 0.4) is 0 Å². The molecule has 0 aliphatic rings. The highest BCUT2D eigenvalue weighted by Gasteiger charge is 2.22. The molecule has 9 nitrogen and oxygen atoms in total. The number of rotatable bonds is 60. The molecule has 0 spiro atoms. The molecule has 0 saturated heterocycles. The number of hydrogen-bond acceptors (Lipinski definition) is 8. The molecule has 0 aromatic heterocycles. The summed E-state index contributed by atoms with van der Waals surface area (Å²) in [7, 11) is 5.93. The summed E-state index contributed by atoms with van der Waals surface area (Å²) in [6, 6.07) is 0. The molecule has 0 fully saturated rings. The van der Waals surface area contributed by atoms with Crippen LogP contribution in [0.1, 0.15) is 284 Å². The van der Waals surface area contributed by atoms with Crippen LogP contribution in [0.25, 0.3) is 0 Å². The van der Waals surface area contributed by atoms with Crippen molar-refractivity contribution in [2.75, 3.05) is 47.5 Å². The van der Waals surface area contributed by atoms with Crippen LogP contribution in [0.15, 0.2) is 85.1 Å². The third-order valence-corrected chi connectivity index (χ3v) is 14.2. The fraction of sp³-hybridized carbons (Fsp3) is 0.757. The molecule has 0 radical (unpaired) electrons. The maximum atomic E-state index is 12.9. The Morgan fingerprint density at radius 1 is 0.392 bits per heavy atom. The maximum Gasteiger partial charge on any atom is 0.306 e. The van der Waals surface area contributed by atoms with E-state index in [9.17, 15) is 19.5 Å². The molecule has 0 aromatic rings. The van der Waals surface area contributed by atoms with Crippen LogP contribution in [0, 0.1) is 0 Å². The number of carbonyl (C=O) groups excluding carboxylic acids is 3. The van der Waals surface area contributed by atoms with Gasteiger partial charge in [-0.15, -0.1) is 0 Å². The van der Waals surface area contributed by atoms with Crippen molar-refractivity contribution in [2.45, 2.75) is 296 Å². The lowest BCUT2D eigenvalue weighted by Gasteiger charge is -2.26. The molecule has 2 atom stereocenters. The molecule has 0 N–H and O–H groups in total. The molecule has 0 aliphatic heterocycles. The number of esters is 2. The molecule has 0 heterocycles. The van der Waals surface area contributed by atoms with Crippen LogP contribution in [-0.2, 0) is 33.3 Å². The first-order chi connectivity index (χ1) is 38.6. The van der Waals surface area contributed by atoms with Gasteiger partial charge in [-0.25, -0.2) is 0 Å². The molecule has 9 heteroatoms. The third-order valence-electron chi connectivity index (χ3n) is 14.2. The van der Waals surface area contributed by atoms with E-state index in [1.54, 1.807) is 0 Å². The van der Waals surface area contributed by atoms with E-state index >= 15 is 0 Å². The van der Waals surface area contributed by atoms with E-state index in [4.69, 9.17) is 18.9 Å². The summed E-state index contributed by atoms with van der Waals surface area (Å²) in [4.78, 5) is 37.4. The Bertz CT molecular complexity index is 1570. The van der Waals surface area contributed by atoms with E-state index in [-0.39, 0.29) is 32.2 Å². The molecule has 0 aromatic carbocycles. The molecular weight excluding hydrogens is 983 g/mol. The molecule has 0 aliphatic carbocycles. The van der Waals surface area contributed by atoms with Gasteiger partial charge in [-0.2, -0.15) is 0 Å². The average Bonchev–Trinajstić information content (AvgIpc) is 3.42. The molecule has 456 valence electrons. The Morgan fingerprint density at radius 2 is 0.722 bits per heavy atom. The van der Waals surface area contributed by atoms with Gasteiger partial charge in [0.05, 0.1) is 40.3 Å². The van der Waals surface area contributed by atoms with Crippen molar-refractivity contribution in [3.8, 4) is 0 Å². The second-order valence-corrected chi connectivity index (χ2v) is 23.0. The van der Waals surface area contributed by atoms with E-state index in [1.807, 2.05) is 21.1 Å². The topological polar surface area (TPSA) is 111 Å². The van der Waals surface area contributed by atoms with Gasteiger partial charge in [-0.1, -0.05) is 285 Å². The summed E-state index contributed by atoms with van der Waals surface area (Å²) in [5.41, 5.74) is 0. The monoisotopic (exact) mass is 1110 g/mol. The van der Waals surface area contributed by atoms with E-state index in [0.717, 1.165) is 83.5 Å². The summed E-state index contributed by atoms with van der Waals surface area (Å²) in [5.74, 6) is -2.27. The average molecular weight is 1110 g/mol. The number of carboxylic acid groups (broad SMARTS) is 1. The molecule has 2 unspecified atom stereocenters. The number of ether oxygens (including phenoxy) is 4. The molecule has 0 rings (SSSR count). The third kappa shape index (κ3) is 61.9. The number of quaternary nitrogens is 1. The minimum Gasteiger partial charge on any atom is -0.545 e. The van der Waals surface area contributed by atoms with Crippen LogP contribution in [0.2, 0.25) is 0 Å². The Hall–Kier alpha value is -3.53. The van der Waals surface area contributed by atoms with E-state index in [2.05, 4.69) is 98.9 Å². The number of hydrogen-bond donors (Lipinski definition) is 0. The van der Waals surface area contributed by atoms with Crippen LogP contribution >= 0.6 is 0 Å². The number of carboxylic acids is 1. The predicted molar refractivity (Wildman–Crippen MR) is 334 cm³/mol. The first-order valence-corrected chi connectivity index (χ1v) is 32.7. The second kappa shape index (κ2) is 60.6. The Labute approximate surface area is 487 Å². The molecule has 0 saturated carbocycles. The summed E-state index contributed by atoms with van der Waals surface area (Å²) in [6.07, 6.45) is 77.9. The zero-order valence-electron chi connectivity index (χ0n) is 52.0. The van der Waals surface area contributed by atoms with Crippen molar-refractivity contribution in [3.63, 3.8) is 0 Å². The van der Waals surface area contributed by atoms with Crippen LogP contribution in [0.5, 0.6) is 0 Å². The summed E-state index contributed by atoms with van der Waals surface area (Å²) < 4.78 is 22.8. The number of unbranched alkanes of at least 4 members (excludes halogenated alkanes) is 31. The maximum absolute atomic E-state index is 12.9. The van der Waals surface area contributed by atoms with Crippen molar-refractivity contribution >= 4 is 17.9 Å². The molecule has 79 heavy (non-hydrogen) atoms. The van der Waals surface area contributed by atoms with E-state index in [0.29, 0.717) is 23.9 Å². The minimum atomic E-state index is -1.62. The van der Waals surface area contributed by atoms with Gasteiger partial charge in [0.1, 0.15) is 13.2 Å². The first kappa shape index (κ1) is 75.5. The zero-order valence-corrected chi connectivity index (χ0v) is 52.0. The summed E-state index contributed by atoms with van der Waals surface area (Å²) in [5, 5.41) is 11.8. The number of aliphatic carboxylic acids is 1. The van der Waals surface area contributed by atoms with Gasteiger partial charge in [0.2, 0.25) is 0 Å². The first-order valence-electron chi connectivity index (χ1n) is 32.7. The Kier molecular flexibility index (Phi) is 57.9. The normalized spacial score (nSPS) is 13.3. The van der Waals surface area contributed by atoms with Crippen LogP contribution < -0.4 is 5.11 Å². The number of nitrogens with zero attached hydrogens (tertiary/aromatic N) is 1. The van der Waals surface area contributed by atoms with E-state index < -0.39 is 24.3 Å². The number of allylic oxidation sites excluding steroid dienone is 14. The Balaban J connectivity index is 4.13. The highest BCUT2D eigenvalue weighted by Crippen LogP contribution is 2.17. The van der Waals surface area contributed by atoms with Gasteiger partial charge >= 0.3 is 11.9 Å². The Morgan fingerprint density at radius 3 is 1.08 bits per heavy atom. The minimum absolute atomic E-state index is 0.147. The molecule has 0 amide bonds. The van der Waals surface area contributed by atoms with Crippen molar-refractivity contribution in [2.24, 2.45) is 0 Å². The SMILES string of the molecule is CC/C=C\C/C=C\C/C=C\C/C=C\C/C=C\C/C=C\C/C=C\CCCCCCCCCCCCCCCC(=O)OC(COC(=O)CCCCCCCCCCCCCCCCCCCCC)COC(OCC[N+](C)(C)C)C(=O)[O-]. The van der Waals surface area contributed by atoms with E-state index in [1.165, 1.54) is 167 Å². The van der Waals surface area contributed by atoms with Gasteiger partial charge < -0.3 is 33.3 Å². The van der Waals surface area contributed by atoms with Crippen molar-refractivity contribution < 1.29 is 42.9 Å². The predicted octanol–water partition coefficient (Wildman–Crippen LogP) is 18.6. The highest BCUT2D eigenvalue weighted by atomic mass is 16.7. The van der Waals surface area contributed by atoms with Crippen molar-refractivity contribution in [1.82, 2.24) is 0 Å². The number of likely N-dealkylation sites (N-methyl/N-ethyl adjacent to an activating group) is 1. The van der Waals surface area contributed by atoms with Gasteiger partial charge in [0, 0.05) is 12.8 Å². The fourth-order valence-corrected chi connectivity index (χ4v) is 9.17. The lowest BCUT2D eigenvalue weighted by atomic mass is 10.0. The standard InChI is InChI=1S/C70H123NO8/c1-6-8-10-12-14-16-18-20-22-24-26-27-28-29-30-31-32-33-34-35-36-37-38-39-40-41-43-45-47-49-51-53-55-57-59-61-68(73)79-66(65-78-70(69(74)75)76-63-62-71(3,4)5)64-77-67(72)60-58-56-54-52-50-48-46-44-42-25-23-21-19-17-15-13-11-9-7-2/h8,10,14,16,20,22,26-27,29-30,32-33,35-36,66,70H,6-7,9,11-13,15,17-19,21,23-25,28,31,34,37-65H2,1-5H3/b10-8-,16-14-,22-20-,27-26-,30-29-,33-32-,36-35-. The zero-order chi connectivity index (χ0) is 57.6. The fourth-order valence-electron chi connectivity index (χ4n) is 9.17. The van der Waals surface area contributed by atoms with Gasteiger partial charge in [0.15, 0.2) is 12.4 Å². The van der Waals surface area contributed by atoms with Crippen molar-refractivity contribution in [1.29, 1.82) is 0 Å². The molecular formula is C70H123NO8. The van der Waals surface area contributed by atoms with Gasteiger partial charge in [-0.05, 0) is 70.6 Å². The van der Waals surface area contributed by atoms with Crippen LogP contribution in [-0.4, -0.2) is 82.3 Å². The lowest BCUT2D eigenvalue weighted by molar-refractivity contribution is -0.870. The molecule has 0 bridgehead atoms. The van der Waals surface area contributed by atoms with Gasteiger partial charge in [0.25, 0.3) is 0 Å². The second-order valence-electron chi connectivity index (χ2n) is 23.0. The van der Waals surface area contributed by atoms with Crippen LogP contribution in [0.4, 0.5) is 0 Å². The smallest absolute Gasteiger partial charge is 0.306 e. The quantitative estimate of drug-likeness (QED) is 0.0195. The highest BCUT2D eigenvalue weighted by molar-refractivity contribution is 5.70. The number of carbonyl (C=O) groups is 3. The van der Waals surface area contributed by atoms with Crippen molar-refractivity contribution in [3.05, 3.63) is 85.1 Å². The van der Waals surface area contributed by atoms with Gasteiger partial charge in [-0.3, -0.25) is 9.59 Å². The summed E-state index contributed by atoms with van der Waals surface area (Å²) in [6.45, 7) is 4.67. The largest absolute Gasteiger partial charge is 0.545 e. The lowest BCUT2D eigenvalue weighted by Crippen LogP contribution is -2.44. The summed E-state index contributed by atoms with van der Waals surface area (Å²) >= 11 is 0.